The summed E-state index contributed by atoms with van der Waals surface area (Å²) in [6.07, 6.45) is -0.825. The molecule has 1 atom stereocenters. The topological polar surface area (TPSA) is 107 Å². The second-order valence-corrected chi connectivity index (χ2v) is 9.24. The summed E-state index contributed by atoms with van der Waals surface area (Å²) in [5, 5.41) is 7.31. The highest BCUT2D eigenvalue weighted by molar-refractivity contribution is 6.06. The van der Waals surface area contributed by atoms with Gasteiger partial charge in [0.2, 0.25) is 5.91 Å². The number of carbonyl (C=O) groups excluding carboxylic acids is 3. The quantitative estimate of drug-likeness (QED) is 0.202. The first-order valence-electron chi connectivity index (χ1n) is 12.9. The predicted octanol–water partition coefficient (Wildman–Crippen LogP) is 6.34. The Balaban J connectivity index is 1.24. The minimum absolute atomic E-state index is 0.0206. The van der Waals surface area contributed by atoms with Gasteiger partial charge in [-0.15, -0.1) is 0 Å². The van der Waals surface area contributed by atoms with E-state index in [1.54, 1.807) is 12.1 Å². The van der Waals surface area contributed by atoms with Crippen molar-refractivity contribution in [2.75, 3.05) is 5.32 Å². The highest BCUT2D eigenvalue weighted by Gasteiger charge is 2.24. The molecule has 0 radical (unpaired) electrons. The van der Waals surface area contributed by atoms with Crippen molar-refractivity contribution >= 4 is 45.6 Å². The number of hydrogen-bond acceptors (Lipinski definition) is 6. The summed E-state index contributed by atoms with van der Waals surface area (Å²) < 4.78 is 16.6. The van der Waals surface area contributed by atoms with E-state index in [1.165, 1.54) is 0 Å². The zero-order chi connectivity index (χ0) is 27.7. The molecule has 0 aliphatic heterocycles. The zero-order valence-corrected chi connectivity index (χ0v) is 21.7. The molecule has 4 aromatic carbocycles. The molecule has 5 aromatic rings. The average molecular weight is 537 g/mol. The molecule has 2 N–H and O–H groups in total. The molecular weight excluding hydrogens is 508 g/mol. The molecule has 202 valence electrons. The maximum atomic E-state index is 13.3. The van der Waals surface area contributed by atoms with E-state index in [-0.39, 0.29) is 26.1 Å². The molecule has 0 unspecified atom stereocenters. The molecule has 0 fully saturated rings. The number of alkyl carbamates (subject to hydrolysis) is 1. The number of rotatable bonds is 10. The number of esters is 1. The fraction of sp³-hybridized carbons (Fsp3) is 0.156. The molecule has 40 heavy (non-hydrogen) atoms. The van der Waals surface area contributed by atoms with Gasteiger partial charge in [0.1, 0.15) is 30.4 Å². The lowest BCUT2D eigenvalue weighted by molar-refractivity contribution is -0.145. The van der Waals surface area contributed by atoms with Gasteiger partial charge in [-0.25, -0.2) is 4.79 Å². The van der Waals surface area contributed by atoms with Gasteiger partial charge in [-0.3, -0.25) is 9.59 Å². The van der Waals surface area contributed by atoms with Crippen molar-refractivity contribution in [3.8, 4) is 0 Å². The Kier molecular flexibility index (Phi) is 8.36. The number of anilines is 1. The van der Waals surface area contributed by atoms with Crippen LogP contribution in [0.25, 0.3) is 21.9 Å². The lowest BCUT2D eigenvalue weighted by Gasteiger charge is -2.18. The molecular formula is C32H28N2O6. The molecule has 2 amide bonds. The third-order valence-corrected chi connectivity index (χ3v) is 6.35. The lowest BCUT2D eigenvalue weighted by atomic mass is 10.1. The number of furan rings is 1. The standard InChI is InChI=1S/C32H28N2O6/c35-30(38-20-22-9-3-1-4-10-22)18-17-27(34-32(37)39-21-23-11-5-2-6-12-23)31(36)33-24-15-16-26-25-13-7-8-14-28(25)40-29(26)19-24/h1-16,19,27H,17-18,20-21H2,(H,33,36)(H,34,37)/t27-/m0/s1. The Morgan fingerprint density at radius 3 is 2.05 bits per heavy atom. The Bertz CT molecular complexity index is 1610. The van der Waals surface area contributed by atoms with Gasteiger partial charge in [-0.05, 0) is 35.7 Å². The Morgan fingerprint density at radius 1 is 0.700 bits per heavy atom. The summed E-state index contributed by atoms with van der Waals surface area (Å²) in [5.74, 6) is -0.979. The third-order valence-electron chi connectivity index (χ3n) is 6.35. The van der Waals surface area contributed by atoms with Gasteiger partial charge >= 0.3 is 12.1 Å². The molecule has 1 aromatic heterocycles. The van der Waals surface area contributed by atoms with Crippen LogP contribution >= 0.6 is 0 Å². The van der Waals surface area contributed by atoms with E-state index in [2.05, 4.69) is 10.6 Å². The van der Waals surface area contributed by atoms with Crippen LogP contribution in [-0.4, -0.2) is 24.0 Å². The monoisotopic (exact) mass is 536 g/mol. The van der Waals surface area contributed by atoms with Crippen LogP contribution in [-0.2, 0) is 32.3 Å². The van der Waals surface area contributed by atoms with Crippen molar-refractivity contribution in [3.05, 3.63) is 114 Å². The number of carbonyl (C=O) groups is 3. The Hall–Kier alpha value is -5.11. The van der Waals surface area contributed by atoms with E-state index in [9.17, 15) is 14.4 Å². The summed E-state index contributed by atoms with van der Waals surface area (Å²) in [6.45, 7) is 0.170. The number of hydrogen-bond donors (Lipinski definition) is 2. The summed E-state index contributed by atoms with van der Waals surface area (Å²) in [6, 6.07) is 30.5. The van der Waals surface area contributed by atoms with Gasteiger partial charge in [-0.2, -0.15) is 0 Å². The van der Waals surface area contributed by atoms with Crippen molar-refractivity contribution in [2.45, 2.75) is 32.1 Å². The molecule has 8 nitrogen and oxygen atoms in total. The fourth-order valence-electron chi connectivity index (χ4n) is 4.28. The van der Waals surface area contributed by atoms with Crippen LogP contribution in [0.3, 0.4) is 0 Å². The third kappa shape index (κ3) is 6.85. The van der Waals surface area contributed by atoms with Crippen LogP contribution < -0.4 is 10.6 Å². The fourth-order valence-corrected chi connectivity index (χ4v) is 4.28. The van der Waals surface area contributed by atoms with E-state index in [0.717, 1.165) is 27.5 Å². The molecule has 0 saturated carbocycles. The van der Waals surface area contributed by atoms with Gasteiger partial charge in [0, 0.05) is 28.9 Å². The maximum Gasteiger partial charge on any atom is 0.408 e. The first-order valence-corrected chi connectivity index (χ1v) is 12.9. The second kappa shape index (κ2) is 12.6. The van der Waals surface area contributed by atoms with E-state index in [4.69, 9.17) is 13.9 Å². The summed E-state index contributed by atoms with van der Waals surface area (Å²) in [5.41, 5.74) is 3.52. The van der Waals surface area contributed by atoms with Crippen LogP contribution in [0.5, 0.6) is 0 Å². The molecule has 0 saturated heterocycles. The minimum atomic E-state index is -1.04. The van der Waals surface area contributed by atoms with Crippen LogP contribution in [0.2, 0.25) is 0 Å². The van der Waals surface area contributed by atoms with Gasteiger partial charge in [0.15, 0.2) is 0 Å². The van der Waals surface area contributed by atoms with Crippen molar-refractivity contribution in [1.29, 1.82) is 0 Å². The minimum Gasteiger partial charge on any atom is -0.461 e. The Labute approximate surface area is 230 Å². The van der Waals surface area contributed by atoms with E-state index in [0.29, 0.717) is 11.3 Å². The number of nitrogens with one attached hydrogen (secondary N) is 2. The first-order chi connectivity index (χ1) is 19.5. The van der Waals surface area contributed by atoms with E-state index >= 15 is 0 Å². The lowest BCUT2D eigenvalue weighted by Crippen LogP contribution is -2.44. The summed E-state index contributed by atoms with van der Waals surface area (Å²) in [4.78, 5) is 38.2. The highest BCUT2D eigenvalue weighted by atomic mass is 16.5. The first kappa shape index (κ1) is 26.5. The second-order valence-electron chi connectivity index (χ2n) is 9.24. The molecule has 0 bridgehead atoms. The largest absolute Gasteiger partial charge is 0.461 e. The summed E-state index contributed by atoms with van der Waals surface area (Å²) >= 11 is 0. The van der Waals surface area contributed by atoms with Crippen molar-refractivity contribution < 1.29 is 28.3 Å². The number of amides is 2. The molecule has 0 spiro atoms. The van der Waals surface area contributed by atoms with Crippen molar-refractivity contribution in [2.24, 2.45) is 0 Å². The normalized spacial score (nSPS) is 11.6. The highest BCUT2D eigenvalue weighted by Crippen LogP contribution is 2.30. The SMILES string of the molecule is O=C(CC[C@H](NC(=O)OCc1ccccc1)C(=O)Nc1ccc2c(c1)oc1ccccc12)OCc1ccccc1. The predicted molar refractivity (Wildman–Crippen MR) is 151 cm³/mol. The number of benzene rings is 4. The zero-order valence-electron chi connectivity index (χ0n) is 21.7. The molecule has 1 heterocycles. The smallest absolute Gasteiger partial charge is 0.408 e. The Morgan fingerprint density at radius 2 is 1.32 bits per heavy atom. The average Bonchev–Trinajstić information content (AvgIpc) is 3.36. The number of fused-ring (bicyclic) bond motifs is 3. The van der Waals surface area contributed by atoms with E-state index < -0.39 is 24.0 Å². The number of para-hydroxylation sites is 1. The van der Waals surface area contributed by atoms with E-state index in [1.807, 2.05) is 91.0 Å². The van der Waals surface area contributed by atoms with Gasteiger partial charge in [-0.1, -0.05) is 78.9 Å². The summed E-state index contributed by atoms with van der Waals surface area (Å²) in [7, 11) is 0. The number of ether oxygens (including phenoxy) is 2. The molecule has 8 heteroatoms. The van der Waals surface area contributed by atoms with Crippen LogP contribution in [0.1, 0.15) is 24.0 Å². The van der Waals surface area contributed by atoms with Crippen LogP contribution in [0.4, 0.5) is 10.5 Å². The molecule has 5 rings (SSSR count). The molecule has 0 aliphatic carbocycles. The van der Waals surface area contributed by atoms with Gasteiger partial charge in [0.25, 0.3) is 0 Å². The van der Waals surface area contributed by atoms with Crippen molar-refractivity contribution in [1.82, 2.24) is 5.32 Å². The maximum absolute atomic E-state index is 13.3. The molecule has 0 aliphatic rings. The van der Waals surface area contributed by atoms with Crippen LogP contribution in [0.15, 0.2) is 108 Å². The van der Waals surface area contributed by atoms with Crippen LogP contribution in [0, 0.1) is 0 Å². The van der Waals surface area contributed by atoms with Gasteiger partial charge < -0.3 is 24.5 Å². The van der Waals surface area contributed by atoms with Crippen molar-refractivity contribution in [3.63, 3.8) is 0 Å². The van der Waals surface area contributed by atoms with Gasteiger partial charge in [0.05, 0.1) is 0 Å².